The van der Waals surface area contributed by atoms with Crippen molar-refractivity contribution in [3.63, 3.8) is 0 Å². The zero-order chi connectivity index (χ0) is 27.7. The van der Waals surface area contributed by atoms with Gasteiger partial charge in [0, 0.05) is 13.1 Å². The van der Waals surface area contributed by atoms with Crippen LogP contribution in [0.25, 0.3) is 0 Å². The van der Waals surface area contributed by atoms with Crippen molar-refractivity contribution in [3.8, 4) is 0 Å². The van der Waals surface area contributed by atoms with E-state index in [1.807, 2.05) is 0 Å². The fourth-order valence-electron chi connectivity index (χ4n) is 6.25. The smallest absolute Gasteiger partial charge is 0.0836 e. The summed E-state index contributed by atoms with van der Waals surface area (Å²) in [5.41, 5.74) is 0. The van der Waals surface area contributed by atoms with Crippen LogP contribution in [0.15, 0.2) is 0 Å². The third-order valence-corrected chi connectivity index (χ3v) is 11.4. The van der Waals surface area contributed by atoms with Gasteiger partial charge in [0.1, 0.15) is 0 Å². The number of hydrogen-bond acceptors (Lipinski definition) is 6. The fraction of sp³-hybridized carbons (Fsp3) is 0.933. The van der Waals surface area contributed by atoms with Crippen molar-refractivity contribution in [1.29, 1.82) is 0 Å². The van der Waals surface area contributed by atoms with E-state index in [1.165, 1.54) is 89.9 Å². The minimum absolute atomic E-state index is 0.0198. The van der Waals surface area contributed by atoms with Gasteiger partial charge in [-0.3, -0.25) is 0 Å². The summed E-state index contributed by atoms with van der Waals surface area (Å²) < 4.78 is 0. The van der Waals surface area contributed by atoms with E-state index in [-0.39, 0.29) is 9.74 Å². The van der Waals surface area contributed by atoms with Gasteiger partial charge in [0.25, 0.3) is 0 Å². The molecule has 0 radical (unpaired) electrons. The van der Waals surface area contributed by atoms with Crippen LogP contribution < -0.4 is 0 Å². The van der Waals surface area contributed by atoms with Gasteiger partial charge in [0.05, 0.1) is 19.7 Å². The van der Waals surface area contributed by atoms with Gasteiger partial charge in [-0.05, 0) is 75.7 Å². The molecule has 2 fully saturated rings. The van der Waals surface area contributed by atoms with E-state index in [9.17, 15) is 0 Å². The first kappa shape index (κ1) is 35.4. The highest BCUT2D eigenvalue weighted by atomic mass is 32.1. The molecule has 8 heteroatoms. The third-order valence-electron chi connectivity index (χ3n) is 8.53. The number of thiocarbonyl (C=S) groups is 2. The number of thiol groups is 4. The molecular formula is C30H56N2S6. The van der Waals surface area contributed by atoms with E-state index in [1.54, 1.807) is 0 Å². The predicted octanol–water partition coefficient (Wildman–Crippen LogP) is 9.97. The molecule has 0 aromatic carbocycles. The first-order valence-electron chi connectivity index (χ1n) is 15.6. The van der Waals surface area contributed by atoms with Gasteiger partial charge >= 0.3 is 0 Å². The van der Waals surface area contributed by atoms with Crippen LogP contribution in [0.3, 0.4) is 0 Å². The van der Waals surface area contributed by atoms with E-state index in [0.717, 1.165) is 85.9 Å². The predicted molar refractivity (Wildman–Crippen MR) is 191 cm³/mol. The van der Waals surface area contributed by atoms with Crippen LogP contribution in [-0.4, -0.2) is 54.1 Å². The van der Waals surface area contributed by atoms with Crippen LogP contribution in [0.4, 0.5) is 0 Å². The molecule has 0 heterocycles. The Morgan fingerprint density at radius 2 is 0.816 bits per heavy atom. The van der Waals surface area contributed by atoms with Crippen molar-refractivity contribution in [1.82, 2.24) is 9.80 Å². The lowest BCUT2D eigenvalue weighted by molar-refractivity contribution is 0.212. The van der Waals surface area contributed by atoms with E-state index in [2.05, 4.69) is 35.1 Å². The Labute approximate surface area is 268 Å². The quantitative estimate of drug-likeness (QED) is 0.0485. The van der Waals surface area contributed by atoms with Crippen LogP contribution in [0, 0.1) is 0 Å². The Morgan fingerprint density at radius 1 is 0.500 bits per heavy atom. The number of unbranched alkanes of at least 4 members (excludes halogenated alkanes) is 7. The summed E-state index contributed by atoms with van der Waals surface area (Å²) in [6.07, 6.45) is 27.0. The first-order chi connectivity index (χ1) is 18.4. The molecule has 0 aliphatic heterocycles. The van der Waals surface area contributed by atoms with Crippen LogP contribution >= 0.6 is 75.0 Å². The summed E-state index contributed by atoms with van der Waals surface area (Å²) in [7, 11) is 0. The fourth-order valence-corrected chi connectivity index (χ4v) is 8.56. The monoisotopic (exact) mass is 636 g/mol. The molecule has 0 saturated heterocycles. The molecule has 0 aromatic rings. The van der Waals surface area contributed by atoms with E-state index in [0.29, 0.717) is 0 Å². The molecule has 2 nitrogen and oxygen atoms in total. The third kappa shape index (κ3) is 12.6. The Morgan fingerprint density at radius 3 is 1.13 bits per heavy atom. The summed E-state index contributed by atoms with van der Waals surface area (Å²) in [6, 6.07) is 0. The molecule has 0 spiro atoms. The van der Waals surface area contributed by atoms with Crippen molar-refractivity contribution in [2.75, 3.05) is 24.6 Å². The minimum atomic E-state index is -0.0198. The SMILES string of the molecule is S=C(CCCCCCCCCCC(=S)N(CCCS)C1(S)CCCCC1)N(CCCS)C1(S)CCCCC1. The van der Waals surface area contributed by atoms with Crippen molar-refractivity contribution in [3.05, 3.63) is 0 Å². The second kappa shape index (κ2) is 20.1. The Balaban J connectivity index is 1.58. The average Bonchev–Trinajstić information content (AvgIpc) is 2.90. The molecule has 2 rings (SSSR count). The van der Waals surface area contributed by atoms with Gasteiger partial charge in [-0.1, -0.05) is 101 Å². The van der Waals surface area contributed by atoms with Gasteiger partial charge in [0.2, 0.25) is 0 Å². The molecule has 222 valence electrons. The van der Waals surface area contributed by atoms with Crippen molar-refractivity contribution < 1.29 is 0 Å². The summed E-state index contributed by atoms with van der Waals surface area (Å²) >= 11 is 31.0. The summed E-state index contributed by atoms with van der Waals surface area (Å²) in [5.74, 6) is 1.83. The second-order valence-corrected chi connectivity index (χ2v) is 15.2. The van der Waals surface area contributed by atoms with Gasteiger partial charge < -0.3 is 9.80 Å². The lowest BCUT2D eigenvalue weighted by Crippen LogP contribution is -2.49. The second-order valence-electron chi connectivity index (χ2n) is 11.7. The van der Waals surface area contributed by atoms with Crippen LogP contribution in [0.1, 0.15) is 141 Å². The topological polar surface area (TPSA) is 6.48 Å². The molecule has 2 aliphatic carbocycles. The summed E-state index contributed by atoms with van der Waals surface area (Å²) in [4.78, 5) is 7.17. The maximum absolute atomic E-state index is 5.93. The minimum Gasteiger partial charge on any atom is -0.352 e. The van der Waals surface area contributed by atoms with Gasteiger partial charge in [-0.15, -0.1) is 0 Å². The van der Waals surface area contributed by atoms with Crippen molar-refractivity contribution >= 4 is 84.9 Å². The largest absolute Gasteiger partial charge is 0.352 e. The standard InChI is InChI=1S/C30H56N2S6/c33-25-15-23-31(29(37)19-11-7-12-20-29)27(35)17-9-5-3-1-2-4-6-10-18-28(36)32(24-16-26-34)30(38)21-13-8-14-22-30/h33-34,37-38H,1-26H2. The highest BCUT2D eigenvalue weighted by molar-refractivity contribution is 7.82. The number of nitrogens with zero attached hydrogens (tertiary/aromatic N) is 2. The number of hydrogen-bond donors (Lipinski definition) is 4. The highest BCUT2D eigenvalue weighted by Crippen LogP contribution is 2.39. The Hall–Kier alpha value is 1.18. The summed E-state index contributed by atoms with van der Waals surface area (Å²) in [6.45, 7) is 2.02. The average molecular weight is 637 g/mol. The van der Waals surface area contributed by atoms with E-state index in [4.69, 9.17) is 49.7 Å². The van der Waals surface area contributed by atoms with E-state index < -0.39 is 0 Å². The Bertz CT molecular complexity index is 605. The van der Waals surface area contributed by atoms with Crippen molar-refractivity contribution in [2.24, 2.45) is 0 Å². The number of rotatable bonds is 19. The van der Waals surface area contributed by atoms with Gasteiger partial charge in [0.15, 0.2) is 0 Å². The Kier molecular flexibility index (Phi) is 18.8. The molecule has 0 aromatic heterocycles. The molecule has 0 bridgehead atoms. The lowest BCUT2D eigenvalue weighted by Gasteiger charge is -2.45. The maximum Gasteiger partial charge on any atom is 0.0836 e. The van der Waals surface area contributed by atoms with Crippen LogP contribution in [-0.2, 0) is 0 Å². The zero-order valence-electron chi connectivity index (χ0n) is 23.9. The van der Waals surface area contributed by atoms with E-state index >= 15 is 0 Å². The van der Waals surface area contributed by atoms with Gasteiger partial charge in [-0.25, -0.2) is 0 Å². The molecule has 0 unspecified atom stereocenters. The lowest BCUT2D eigenvalue weighted by atomic mass is 9.92. The molecular weight excluding hydrogens is 581 g/mol. The maximum atomic E-state index is 5.93. The molecule has 2 saturated carbocycles. The van der Waals surface area contributed by atoms with Gasteiger partial charge in [-0.2, -0.15) is 50.5 Å². The zero-order valence-corrected chi connectivity index (χ0v) is 29.1. The molecule has 2 aliphatic rings. The summed E-state index contributed by atoms with van der Waals surface area (Å²) in [5, 5.41) is 0. The normalized spacial score (nSPS) is 18.7. The molecule has 38 heavy (non-hydrogen) atoms. The molecule has 0 atom stereocenters. The molecule has 0 N–H and O–H groups in total. The first-order valence-corrected chi connectivity index (χ1v) is 18.6. The molecule has 0 amide bonds. The highest BCUT2D eigenvalue weighted by Gasteiger charge is 2.36. The van der Waals surface area contributed by atoms with Crippen LogP contribution in [0.2, 0.25) is 0 Å². The van der Waals surface area contributed by atoms with Crippen LogP contribution in [0.5, 0.6) is 0 Å². The van der Waals surface area contributed by atoms with Crippen molar-refractivity contribution in [2.45, 2.75) is 151 Å².